The summed E-state index contributed by atoms with van der Waals surface area (Å²) in [6.45, 7) is 0. The Hall–Kier alpha value is -2.24. The Labute approximate surface area is 129 Å². The summed E-state index contributed by atoms with van der Waals surface area (Å²) in [4.78, 5) is 4.17. The fourth-order valence-corrected chi connectivity index (χ4v) is 2.08. The summed E-state index contributed by atoms with van der Waals surface area (Å²) in [6, 6.07) is 8.97. The second-order valence-corrected chi connectivity index (χ2v) is 5.07. The summed E-state index contributed by atoms with van der Waals surface area (Å²) in [7, 11) is 0. The smallest absolute Gasteiger partial charge is 0.262 e. The van der Waals surface area contributed by atoms with Crippen LogP contribution in [0.15, 0.2) is 40.9 Å². The van der Waals surface area contributed by atoms with Crippen molar-refractivity contribution in [1.82, 2.24) is 10.1 Å². The van der Waals surface area contributed by atoms with Crippen LogP contribution in [0, 0.1) is 0 Å². The maximum atomic E-state index is 9.77. The highest BCUT2D eigenvalue weighted by Gasteiger charge is 2.15. The van der Waals surface area contributed by atoms with Gasteiger partial charge in [-0.2, -0.15) is 4.98 Å². The van der Waals surface area contributed by atoms with Crippen LogP contribution in [-0.4, -0.2) is 20.4 Å². The molecule has 3 aromatic rings. The lowest BCUT2D eigenvalue weighted by molar-refractivity contribution is 0.423. The molecule has 2 N–H and O–H groups in total. The predicted octanol–water partition coefficient (Wildman–Crippen LogP) is 4.12. The molecule has 3 rings (SSSR count). The van der Waals surface area contributed by atoms with Gasteiger partial charge in [0.2, 0.25) is 5.82 Å². The van der Waals surface area contributed by atoms with Gasteiger partial charge >= 0.3 is 0 Å². The van der Waals surface area contributed by atoms with Crippen LogP contribution in [0.1, 0.15) is 0 Å². The van der Waals surface area contributed by atoms with Gasteiger partial charge in [-0.3, -0.25) is 0 Å². The molecule has 1 heterocycles. The molecule has 5 nitrogen and oxygen atoms in total. The van der Waals surface area contributed by atoms with Crippen molar-refractivity contribution < 1.29 is 14.7 Å². The van der Waals surface area contributed by atoms with Crippen LogP contribution >= 0.6 is 23.2 Å². The average molecular weight is 323 g/mol. The van der Waals surface area contributed by atoms with Gasteiger partial charge in [-0.25, -0.2) is 0 Å². The first-order valence-corrected chi connectivity index (χ1v) is 6.61. The predicted molar refractivity (Wildman–Crippen MR) is 78.5 cm³/mol. The first-order chi connectivity index (χ1) is 10.0. The Balaban J connectivity index is 2.03. The lowest BCUT2D eigenvalue weighted by atomic mass is 10.2. The molecule has 0 radical (unpaired) electrons. The van der Waals surface area contributed by atoms with Gasteiger partial charge in [0, 0.05) is 5.56 Å². The molecule has 2 aromatic carbocycles. The molecule has 106 valence electrons. The van der Waals surface area contributed by atoms with E-state index in [0.717, 1.165) is 0 Å². The van der Waals surface area contributed by atoms with Gasteiger partial charge in [-0.15, -0.1) is 0 Å². The number of phenols is 2. The maximum Gasteiger partial charge on any atom is 0.262 e. The summed E-state index contributed by atoms with van der Waals surface area (Å²) >= 11 is 11.8. The van der Waals surface area contributed by atoms with Gasteiger partial charge in [0.05, 0.1) is 15.6 Å². The fourth-order valence-electron chi connectivity index (χ4n) is 1.78. The molecule has 0 aliphatic heterocycles. The summed E-state index contributed by atoms with van der Waals surface area (Å²) in [5, 5.41) is 23.9. The minimum atomic E-state index is -0.0721. The molecule has 21 heavy (non-hydrogen) atoms. The second-order valence-electron chi connectivity index (χ2n) is 4.25. The number of phenolic OH excluding ortho intramolecular Hbond substituents is 2. The monoisotopic (exact) mass is 322 g/mol. The molecule has 0 fully saturated rings. The topological polar surface area (TPSA) is 79.4 Å². The minimum absolute atomic E-state index is 0.0166. The third kappa shape index (κ3) is 2.66. The fraction of sp³-hybridized carbons (Fsp3) is 0. The SMILES string of the molecule is Oc1ccc(O)c(-c2nc(-c3ccc(Cl)c(Cl)c3)no2)c1. The van der Waals surface area contributed by atoms with Crippen LogP contribution in [0.25, 0.3) is 22.8 Å². The van der Waals surface area contributed by atoms with E-state index >= 15 is 0 Å². The van der Waals surface area contributed by atoms with Gasteiger partial charge < -0.3 is 14.7 Å². The zero-order chi connectivity index (χ0) is 15.0. The van der Waals surface area contributed by atoms with E-state index in [4.69, 9.17) is 27.7 Å². The zero-order valence-electron chi connectivity index (χ0n) is 10.4. The van der Waals surface area contributed by atoms with E-state index in [1.807, 2.05) is 0 Å². The first kappa shape index (κ1) is 13.7. The van der Waals surface area contributed by atoms with Gasteiger partial charge in [0.1, 0.15) is 11.5 Å². The lowest BCUT2D eigenvalue weighted by Crippen LogP contribution is -1.82. The standard InChI is InChI=1S/C14H8Cl2N2O3/c15-10-3-1-7(5-11(10)16)13-17-14(21-18-13)9-6-8(19)2-4-12(9)20/h1-6,19-20H. The highest BCUT2D eigenvalue weighted by molar-refractivity contribution is 6.42. The number of hydrogen-bond donors (Lipinski definition) is 2. The third-order valence-corrected chi connectivity index (χ3v) is 3.55. The molecular formula is C14H8Cl2N2O3. The number of hydrogen-bond acceptors (Lipinski definition) is 5. The van der Waals surface area contributed by atoms with Crippen molar-refractivity contribution in [2.24, 2.45) is 0 Å². The summed E-state index contributed by atoms with van der Waals surface area (Å²) in [5.74, 6) is 0.296. The van der Waals surface area contributed by atoms with Gasteiger partial charge in [0.25, 0.3) is 5.89 Å². The summed E-state index contributed by atoms with van der Waals surface area (Å²) < 4.78 is 5.10. The number of aromatic hydroxyl groups is 2. The van der Waals surface area contributed by atoms with Gasteiger partial charge in [-0.05, 0) is 36.4 Å². The summed E-state index contributed by atoms with van der Waals surface area (Å²) in [6.07, 6.45) is 0. The Morgan fingerprint density at radius 2 is 1.76 bits per heavy atom. The number of rotatable bonds is 2. The number of halogens is 2. The Morgan fingerprint density at radius 1 is 0.952 bits per heavy atom. The van der Waals surface area contributed by atoms with Crippen LogP contribution in [0.3, 0.4) is 0 Å². The largest absolute Gasteiger partial charge is 0.508 e. The maximum absolute atomic E-state index is 9.77. The van der Waals surface area contributed by atoms with E-state index in [0.29, 0.717) is 21.4 Å². The van der Waals surface area contributed by atoms with Crippen molar-refractivity contribution in [1.29, 1.82) is 0 Å². The van der Waals surface area contributed by atoms with E-state index in [-0.39, 0.29) is 23.0 Å². The van der Waals surface area contributed by atoms with E-state index in [1.165, 1.54) is 18.2 Å². The highest BCUT2D eigenvalue weighted by Crippen LogP contribution is 2.33. The van der Waals surface area contributed by atoms with E-state index in [2.05, 4.69) is 10.1 Å². The van der Waals surface area contributed by atoms with Gasteiger partial charge in [0.15, 0.2) is 0 Å². The van der Waals surface area contributed by atoms with Crippen molar-refractivity contribution in [3.05, 3.63) is 46.4 Å². The van der Waals surface area contributed by atoms with Crippen molar-refractivity contribution >= 4 is 23.2 Å². The Morgan fingerprint density at radius 3 is 2.52 bits per heavy atom. The van der Waals surface area contributed by atoms with Crippen LogP contribution in [0.5, 0.6) is 11.5 Å². The van der Waals surface area contributed by atoms with Crippen LogP contribution in [0.4, 0.5) is 0 Å². The molecule has 0 saturated heterocycles. The molecule has 0 saturated carbocycles. The zero-order valence-corrected chi connectivity index (χ0v) is 11.9. The van der Waals surface area contributed by atoms with Crippen LogP contribution in [0.2, 0.25) is 10.0 Å². The molecule has 0 aliphatic carbocycles. The molecule has 0 amide bonds. The molecule has 0 spiro atoms. The van der Waals surface area contributed by atoms with Crippen molar-refractivity contribution in [3.63, 3.8) is 0 Å². The van der Waals surface area contributed by atoms with E-state index < -0.39 is 0 Å². The normalized spacial score (nSPS) is 10.8. The van der Waals surface area contributed by atoms with Crippen molar-refractivity contribution in [2.75, 3.05) is 0 Å². The first-order valence-electron chi connectivity index (χ1n) is 5.86. The van der Waals surface area contributed by atoms with E-state index in [1.54, 1.807) is 18.2 Å². The number of aromatic nitrogens is 2. The molecule has 0 aliphatic rings. The average Bonchev–Trinajstić information content (AvgIpc) is 2.94. The minimum Gasteiger partial charge on any atom is -0.508 e. The second kappa shape index (κ2) is 5.27. The van der Waals surface area contributed by atoms with Crippen LogP contribution in [-0.2, 0) is 0 Å². The number of nitrogens with zero attached hydrogens (tertiary/aromatic N) is 2. The quantitative estimate of drug-likeness (QED) is 0.694. The van der Waals surface area contributed by atoms with Crippen molar-refractivity contribution in [2.45, 2.75) is 0 Å². The molecule has 0 unspecified atom stereocenters. The molecule has 0 bridgehead atoms. The van der Waals surface area contributed by atoms with E-state index in [9.17, 15) is 10.2 Å². The number of benzene rings is 2. The van der Waals surface area contributed by atoms with Gasteiger partial charge in [-0.1, -0.05) is 28.4 Å². The summed E-state index contributed by atoms with van der Waals surface area (Å²) in [5.41, 5.74) is 0.868. The third-order valence-electron chi connectivity index (χ3n) is 2.81. The Kier molecular flexibility index (Phi) is 3.45. The van der Waals surface area contributed by atoms with Crippen LogP contribution < -0.4 is 0 Å². The molecule has 7 heteroatoms. The molecular weight excluding hydrogens is 315 g/mol. The molecule has 0 atom stereocenters. The lowest BCUT2D eigenvalue weighted by Gasteiger charge is -1.99. The highest BCUT2D eigenvalue weighted by atomic mass is 35.5. The van der Waals surface area contributed by atoms with Crippen molar-refractivity contribution in [3.8, 4) is 34.3 Å². The Bertz CT molecular complexity index is 818. The molecule has 1 aromatic heterocycles.